The van der Waals surface area contributed by atoms with E-state index >= 15 is 0 Å². The summed E-state index contributed by atoms with van der Waals surface area (Å²) in [5.41, 5.74) is 2.94. The standard InChI is InChI=1S/C24H32N2O4S/c1-18-7-9-20(10-8-18)19(2)25-24(27)14-11-21-17-22(12-13-23(21)30-3)31(28,29)26-15-5-4-6-16-26/h7-10,12-13,17,19H,4-6,11,14-16H2,1-3H3,(H,25,27). The molecule has 0 spiro atoms. The molecule has 0 radical (unpaired) electrons. The van der Waals surface area contributed by atoms with Gasteiger partial charge in [0.25, 0.3) is 0 Å². The van der Waals surface area contributed by atoms with Crippen molar-refractivity contribution < 1.29 is 17.9 Å². The van der Waals surface area contributed by atoms with Crippen molar-refractivity contribution in [2.75, 3.05) is 20.2 Å². The normalized spacial score (nSPS) is 16.0. The van der Waals surface area contributed by atoms with Crippen LogP contribution in [0.3, 0.4) is 0 Å². The van der Waals surface area contributed by atoms with Gasteiger partial charge >= 0.3 is 0 Å². The highest BCUT2D eigenvalue weighted by atomic mass is 32.2. The molecule has 6 nitrogen and oxygen atoms in total. The average molecular weight is 445 g/mol. The number of rotatable bonds is 8. The molecule has 3 rings (SSSR count). The molecule has 0 bridgehead atoms. The van der Waals surface area contributed by atoms with Gasteiger partial charge in [-0.15, -0.1) is 0 Å². The molecule has 1 amide bonds. The lowest BCUT2D eigenvalue weighted by Gasteiger charge is -2.26. The van der Waals surface area contributed by atoms with E-state index in [-0.39, 0.29) is 23.3 Å². The summed E-state index contributed by atoms with van der Waals surface area (Å²) < 4.78 is 33.0. The molecule has 31 heavy (non-hydrogen) atoms. The van der Waals surface area contributed by atoms with E-state index in [1.165, 1.54) is 5.56 Å². The number of carbonyl (C=O) groups is 1. The summed E-state index contributed by atoms with van der Waals surface area (Å²) in [4.78, 5) is 12.8. The molecule has 2 aromatic carbocycles. The monoisotopic (exact) mass is 444 g/mol. The number of carbonyl (C=O) groups excluding carboxylic acids is 1. The first-order valence-corrected chi connectivity index (χ1v) is 12.3. The van der Waals surface area contributed by atoms with Crippen LogP contribution in [-0.2, 0) is 21.2 Å². The van der Waals surface area contributed by atoms with E-state index in [4.69, 9.17) is 4.74 Å². The highest BCUT2D eigenvalue weighted by Crippen LogP contribution is 2.27. The molecule has 1 saturated heterocycles. The average Bonchev–Trinajstić information content (AvgIpc) is 2.78. The van der Waals surface area contributed by atoms with E-state index < -0.39 is 10.0 Å². The molecule has 0 saturated carbocycles. The fraction of sp³-hybridized carbons (Fsp3) is 0.458. The number of piperidine rings is 1. The summed E-state index contributed by atoms with van der Waals surface area (Å²) in [6.45, 7) is 5.10. The van der Waals surface area contributed by atoms with Crippen LogP contribution in [0.2, 0.25) is 0 Å². The molecular weight excluding hydrogens is 412 g/mol. The molecule has 1 N–H and O–H groups in total. The first-order valence-electron chi connectivity index (χ1n) is 10.8. The van der Waals surface area contributed by atoms with E-state index in [9.17, 15) is 13.2 Å². The minimum atomic E-state index is -3.53. The van der Waals surface area contributed by atoms with Crippen LogP contribution in [0.25, 0.3) is 0 Å². The maximum absolute atomic E-state index is 13.0. The minimum absolute atomic E-state index is 0.0839. The van der Waals surface area contributed by atoms with Crippen molar-refractivity contribution in [1.29, 1.82) is 0 Å². The number of ether oxygens (including phenoxy) is 1. The number of methoxy groups -OCH3 is 1. The summed E-state index contributed by atoms with van der Waals surface area (Å²) in [7, 11) is -1.98. The molecule has 2 aromatic rings. The number of hydrogen-bond acceptors (Lipinski definition) is 4. The predicted octanol–water partition coefficient (Wildman–Crippen LogP) is 3.99. The lowest BCUT2D eigenvalue weighted by molar-refractivity contribution is -0.121. The summed E-state index contributed by atoms with van der Waals surface area (Å²) in [5, 5.41) is 3.01. The van der Waals surface area contributed by atoms with Crippen molar-refractivity contribution in [2.45, 2.75) is 56.9 Å². The lowest BCUT2D eigenvalue weighted by Crippen LogP contribution is -2.35. The number of amides is 1. The largest absolute Gasteiger partial charge is 0.496 e. The number of hydrogen-bond donors (Lipinski definition) is 1. The summed E-state index contributed by atoms with van der Waals surface area (Å²) in [6.07, 6.45) is 3.50. The van der Waals surface area contributed by atoms with Gasteiger partial charge in [-0.25, -0.2) is 8.42 Å². The van der Waals surface area contributed by atoms with Crippen molar-refractivity contribution in [2.24, 2.45) is 0 Å². The molecular formula is C24H32N2O4S. The van der Waals surface area contributed by atoms with Gasteiger partial charge in [-0.2, -0.15) is 4.31 Å². The number of sulfonamides is 1. The molecule has 1 heterocycles. The Kier molecular flexibility index (Phi) is 7.73. The van der Waals surface area contributed by atoms with Gasteiger partial charge in [0.2, 0.25) is 15.9 Å². The number of nitrogens with one attached hydrogen (secondary N) is 1. The van der Waals surface area contributed by atoms with E-state index in [2.05, 4.69) is 5.32 Å². The second-order valence-corrected chi connectivity index (χ2v) is 10.1. The van der Waals surface area contributed by atoms with Crippen molar-refractivity contribution in [3.8, 4) is 5.75 Å². The molecule has 1 aliphatic heterocycles. The first kappa shape index (κ1) is 23.3. The molecule has 7 heteroatoms. The Balaban J connectivity index is 1.68. The number of benzene rings is 2. The highest BCUT2D eigenvalue weighted by molar-refractivity contribution is 7.89. The van der Waals surface area contributed by atoms with Crippen LogP contribution < -0.4 is 10.1 Å². The molecule has 0 aliphatic carbocycles. The second kappa shape index (κ2) is 10.3. The van der Waals surface area contributed by atoms with Gasteiger partial charge in [0.1, 0.15) is 5.75 Å². The van der Waals surface area contributed by atoms with Gasteiger partial charge in [-0.1, -0.05) is 36.2 Å². The van der Waals surface area contributed by atoms with Gasteiger partial charge in [-0.05, 0) is 62.4 Å². The highest BCUT2D eigenvalue weighted by Gasteiger charge is 2.26. The van der Waals surface area contributed by atoms with Gasteiger partial charge in [0.05, 0.1) is 18.0 Å². The Bertz CT molecular complexity index is 997. The molecule has 0 aromatic heterocycles. The van der Waals surface area contributed by atoms with Gasteiger partial charge in [0.15, 0.2) is 0 Å². The smallest absolute Gasteiger partial charge is 0.243 e. The third-order valence-electron chi connectivity index (χ3n) is 5.78. The maximum Gasteiger partial charge on any atom is 0.243 e. The Labute approximate surface area is 185 Å². The van der Waals surface area contributed by atoms with Crippen molar-refractivity contribution in [1.82, 2.24) is 9.62 Å². The molecule has 1 fully saturated rings. The van der Waals surface area contributed by atoms with Gasteiger partial charge < -0.3 is 10.1 Å². The van der Waals surface area contributed by atoms with Crippen molar-refractivity contribution in [3.05, 3.63) is 59.2 Å². The van der Waals surface area contributed by atoms with Crippen LogP contribution >= 0.6 is 0 Å². The van der Waals surface area contributed by atoms with Crippen LogP contribution in [0.4, 0.5) is 0 Å². The molecule has 168 valence electrons. The third kappa shape index (κ3) is 5.86. The van der Waals surface area contributed by atoms with Gasteiger partial charge in [-0.3, -0.25) is 4.79 Å². The maximum atomic E-state index is 13.0. The van der Waals surface area contributed by atoms with Crippen LogP contribution in [0.1, 0.15) is 55.3 Å². The zero-order valence-electron chi connectivity index (χ0n) is 18.6. The molecule has 1 atom stereocenters. The predicted molar refractivity (Wildman–Crippen MR) is 122 cm³/mol. The first-order chi connectivity index (χ1) is 14.8. The molecule has 1 aliphatic rings. The van der Waals surface area contributed by atoms with Crippen LogP contribution in [0.15, 0.2) is 47.4 Å². The Morgan fingerprint density at radius 1 is 1.10 bits per heavy atom. The Morgan fingerprint density at radius 3 is 2.42 bits per heavy atom. The van der Waals surface area contributed by atoms with Crippen LogP contribution in [0.5, 0.6) is 5.75 Å². The van der Waals surface area contributed by atoms with Gasteiger partial charge in [0, 0.05) is 19.5 Å². The lowest BCUT2D eigenvalue weighted by atomic mass is 10.1. The summed E-state index contributed by atoms with van der Waals surface area (Å²) in [5.74, 6) is 0.511. The number of nitrogens with zero attached hydrogens (tertiary/aromatic N) is 1. The Hall–Kier alpha value is -2.38. The third-order valence-corrected chi connectivity index (χ3v) is 7.68. The summed E-state index contributed by atoms with van der Waals surface area (Å²) >= 11 is 0. The van der Waals surface area contributed by atoms with Crippen LogP contribution in [-0.4, -0.2) is 38.8 Å². The van der Waals surface area contributed by atoms with Crippen molar-refractivity contribution in [3.63, 3.8) is 0 Å². The Morgan fingerprint density at radius 2 is 1.77 bits per heavy atom. The minimum Gasteiger partial charge on any atom is -0.496 e. The summed E-state index contributed by atoms with van der Waals surface area (Å²) in [6, 6.07) is 12.9. The van der Waals surface area contributed by atoms with E-state index in [1.54, 1.807) is 29.6 Å². The fourth-order valence-corrected chi connectivity index (χ4v) is 5.43. The zero-order chi connectivity index (χ0) is 22.4. The number of aryl methyl sites for hydroxylation is 2. The fourth-order valence-electron chi connectivity index (χ4n) is 3.87. The molecule has 1 unspecified atom stereocenters. The van der Waals surface area contributed by atoms with Crippen LogP contribution in [0, 0.1) is 6.92 Å². The van der Waals surface area contributed by atoms with E-state index in [1.807, 2.05) is 38.1 Å². The van der Waals surface area contributed by atoms with E-state index in [0.717, 1.165) is 30.4 Å². The second-order valence-electron chi connectivity index (χ2n) is 8.14. The topological polar surface area (TPSA) is 75.7 Å². The van der Waals surface area contributed by atoms with Crippen molar-refractivity contribution >= 4 is 15.9 Å². The quantitative estimate of drug-likeness (QED) is 0.668. The SMILES string of the molecule is COc1ccc(S(=O)(=O)N2CCCCC2)cc1CCC(=O)NC(C)c1ccc(C)cc1. The van der Waals surface area contributed by atoms with E-state index in [0.29, 0.717) is 25.3 Å². The zero-order valence-corrected chi connectivity index (χ0v) is 19.4.